The van der Waals surface area contributed by atoms with E-state index in [-0.39, 0.29) is 11.9 Å². The summed E-state index contributed by atoms with van der Waals surface area (Å²) >= 11 is 1.81. The van der Waals surface area contributed by atoms with Crippen molar-refractivity contribution >= 4 is 17.7 Å². The van der Waals surface area contributed by atoms with Gasteiger partial charge in [-0.2, -0.15) is 0 Å². The highest BCUT2D eigenvalue weighted by molar-refractivity contribution is 7.99. The van der Waals surface area contributed by atoms with E-state index in [1.165, 1.54) is 4.90 Å². The third-order valence-electron chi connectivity index (χ3n) is 2.35. The number of hydrogen-bond acceptors (Lipinski definition) is 3. The molecule has 2 N–H and O–H groups in total. The number of rotatable bonds is 5. The minimum Gasteiger partial charge on any atom is -0.368 e. The van der Waals surface area contributed by atoms with Gasteiger partial charge in [-0.15, -0.1) is 11.8 Å². The first kappa shape index (κ1) is 14.1. The molecule has 17 heavy (non-hydrogen) atoms. The number of benzene rings is 1. The van der Waals surface area contributed by atoms with Crippen LogP contribution < -0.4 is 5.73 Å². The Morgan fingerprint density at radius 3 is 2.12 bits per heavy atom. The minimum absolute atomic E-state index is 0.320. The van der Waals surface area contributed by atoms with E-state index in [1.807, 2.05) is 43.3 Å². The van der Waals surface area contributed by atoms with Gasteiger partial charge in [0, 0.05) is 10.1 Å². The van der Waals surface area contributed by atoms with Gasteiger partial charge >= 0.3 is 0 Å². The lowest BCUT2D eigenvalue weighted by Gasteiger charge is -2.21. The summed E-state index contributed by atoms with van der Waals surface area (Å²) in [7, 11) is 3.71. The second-order valence-corrected chi connectivity index (χ2v) is 6.15. The second-order valence-electron chi connectivity index (χ2n) is 4.50. The van der Waals surface area contributed by atoms with E-state index in [0.29, 0.717) is 5.25 Å². The summed E-state index contributed by atoms with van der Waals surface area (Å²) in [5, 5.41) is 0.557. The third-order valence-corrected chi connectivity index (χ3v) is 3.37. The number of hydrogen-bond donors (Lipinski definition) is 1. The Morgan fingerprint density at radius 2 is 1.76 bits per heavy atom. The van der Waals surface area contributed by atoms with Gasteiger partial charge in [-0.1, -0.05) is 26.0 Å². The molecule has 94 valence electrons. The highest BCUT2D eigenvalue weighted by atomic mass is 32.2. The molecule has 1 unspecified atom stereocenters. The molecule has 0 aliphatic heterocycles. The van der Waals surface area contributed by atoms with Crippen LogP contribution in [0.2, 0.25) is 0 Å². The first-order valence-corrected chi connectivity index (χ1v) is 6.52. The summed E-state index contributed by atoms with van der Waals surface area (Å²) < 4.78 is 0. The highest BCUT2D eigenvalue weighted by Gasteiger charge is 2.19. The molecule has 1 amide bonds. The van der Waals surface area contributed by atoms with E-state index in [4.69, 9.17) is 5.73 Å². The molecular weight excluding hydrogens is 232 g/mol. The molecular formula is C13H20N2OS. The van der Waals surface area contributed by atoms with E-state index in [1.54, 1.807) is 11.8 Å². The summed E-state index contributed by atoms with van der Waals surface area (Å²) in [5.41, 5.74) is 6.34. The molecule has 3 nitrogen and oxygen atoms in total. The number of carbonyl (C=O) groups is 1. The highest BCUT2D eigenvalue weighted by Crippen LogP contribution is 2.25. The summed E-state index contributed by atoms with van der Waals surface area (Å²) in [6.45, 7) is 4.31. The lowest BCUT2D eigenvalue weighted by Crippen LogP contribution is -2.32. The number of nitrogens with zero attached hydrogens (tertiary/aromatic N) is 1. The second kappa shape index (κ2) is 6.07. The van der Waals surface area contributed by atoms with Gasteiger partial charge in [0.15, 0.2) is 0 Å². The predicted octanol–water partition coefficient (Wildman–Crippen LogP) is 2.28. The van der Waals surface area contributed by atoms with Gasteiger partial charge in [0.1, 0.15) is 6.04 Å². The standard InChI is InChI=1S/C13H20N2OS/c1-9(2)17-11-7-5-10(6-8-11)12(13(14)16)15(3)4/h5-9,12H,1-4H3,(H2,14,16). The maximum absolute atomic E-state index is 11.4. The van der Waals surface area contributed by atoms with Crippen LogP contribution in [0.15, 0.2) is 29.2 Å². The summed E-state index contributed by atoms with van der Waals surface area (Å²) in [6.07, 6.45) is 0. The molecule has 0 saturated carbocycles. The Morgan fingerprint density at radius 1 is 1.24 bits per heavy atom. The predicted molar refractivity (Wildman–Crippen MR) is 73.1 cm³/mol. The Balaban J connectivity index is 2.88. The van der Waals surface area contributed by atoms with Gasteiger partial charge in [0.25, 0.3) is 0 Å². The van der Waals surface area contributed by atoms with Crippen LogP contribution in [0.4, 0.5) is 0 Å². The Hall–Kier alpha value is -1.00. The van der Waals surface area contributed by atoms with Gasteiger partial charge in [-0.05, 0) is 31.8 Å². The molecule has 1 atom stereocenters. The number of thioether (sulfide) groups is 1. The van der Waals surface area contributed by atoms with Crippen LogP contribution in [0, 0.1) is 0 Å². The van der Waals surface area contributed by atoms with Crippen molar-refractivity contribution in [3.8, 4) is 0 Å². The Labute approximate surface area is 107 Å². The average molecular weight is 252 g/mol. The maximum atomic E-state index is 11.4. The monoisotopic (exact) mass is 252 g/mol. The van der Waals surface area contributed by atoms with Gasteiger partial charge < -0.3 is 5.73 Å². The van der Waals surface area contributed by atoms with E-state index >= 15 is 0 Å². The summed E-state index contributed by atoms with van der Waals surface area (Å²) in [5.74, 6) is -0.320. The van der Waals surface area contributed by atoms with Crippen molar-refractivity contribution in [1.29, 1.82) is 0 Å². The molecule has 0 fully saturated rings. The van der Waals surface area contributed by atoms with E-state index < -0.39 is 0 Å². The zero-order valence-electron chi connectivity index (χ0n) is 10.8. The van der Waals surface area contributed by atoms with Crippen molar-refractivity contribution in [3.63, 3.8) is 0 Å². The topological polar surface area (TPSA) is 46.3 Å². The van der Waals surface area contributed by atoms with Gasteiger partial charge in [-0.25, -0.2) is 0 Å². The lowest BCUT2D eigenvalue weighted by atomic mass is 10.1. The maximum Gasteiger partial charge on any atom is 0.239 e. The molecule has 0 spiro atoms. The number of nitrogens with two attached hydrogens (primary N) is 1. The van der Waals surface area contributed by atoms with Gasteiger partial charge in [0.2, 0.25) is 5.91 Å². The molecule has 0 radical (unpaired) electrons. The summed E-state index contributed by atoms with van der Waals surface area (Å²) in [4.78, 5) is 14.4. The van der Waals surface area contributed by atoms with Crippen molar-refractivity contribution < 1.29 is 4.79 Å². The van der Waals surface area contributed by atoms with Crippen molar-refractivity contribution in [2.75, 3.05) is 14.1 Å². The largest absolute Gasteiger partial charge is 0.368 e. The molecule has 0 heterocycles. The van der Waals surface area contributed by atoms with Crippen LogP contribution >= 0.6 is 11.8 Å². The van der Waals surface area contributed by atoms with E-state index in [0.717, 1.165) is 5.56 Å². The van der Waals surface area contributed by atoms with Crippen LogP contribution in [0.1, 0.15) is 25.5 Å². The fourth-order valence-electron chi connectivity index (χ4n) is 1.72. The zero-order chi connectivity index (χ0) is 13.0. The van der Waals surface area contributed by atoms with Crippen molar-refractivity contribution in [2.45, 2.75) is 30.0 Å². The molecule has 1 aromatic carbocycles. The molecule has 0 saturated heterocycles. The minimum atomic E-state index is -0.354. The van der Waals surface area contributed by atoms with Crippen LogP contribution in [-0.2, 0) is 4.79 Å². The number of primary amides is 1. The Kier molecular flexibility index (Phi) is 5.02. The van der Waals surface area contributed by atoms with Crippen molar-refractivity contribution in [2.24, 2.45) is 5.73 Å². The summed E-state index contributed by atoms with van der Waals surface area (Å²) in [6, 6.07) is 7.67. The molecule has 0 aliphatic carbocycles. The van der Waals surface area contributed by atoms with E-state index in [9.17, 15) is 4.79 Å². The quantitative estimate of drug-likeness (QED) is 0.818. The molecule has 4 heteroatoms. The fraction of sp³-hybridized carbons (Fsp3) is 0.462. The fourth-order valence-corrected chi connectivity index (χ4v) is 2.56. The van der Waals surface area contributed by atoms with Crippen LogP contribution in [0.3, 0.4) is 0 Å². The number of amides is 1. The van der Waals surface area contributed by atoms with Crippen molar-refractivity contribution in [3.05, 3.63) is 29.8 Å². The number of likely N-dealkylation sites (N-methyl/N-ethyl adjacent to an activating group) is 1. The van der Waals surface area contributed by atoms with Crippen LogP contribution in [0.25, 0.3) is 0 Å². The first-order valence-electron chi connectivity index (χ1n) is 5.64. The van der Waals surface area contributed by atoms with Crippen LogP contribution in [-0.4, -0.2) is 30.2 Å². The first-order chi connectivity index (χ1) is 7.91. The average Bonchev–Trinajstić information content (AvgIpc) is 2.18. The zero-order valence-corrected chi connectivity index (χ0v) is 11.6. The SMILES string of the molecule is CC(C)Sc1ccc(C(C(N)=O)N(C)C)cc1. The van der Waals surface area contributed by atoms with Crippen LogP contribution in [0.5, 0.6) is 0 Å². The molecule has 0 bridgehead atoms. The Bertz CT molecular complexity index is 374. The van der Waals surface area contributed by atoms with E-state index in [2.05, 4.69) is 13.8 Å². The molecule has 0 aromatic heterocycles. The van der Waals surface area contributed by atoms with Gasteiger partial charge in [-0.3, -0.25) is 9.69 Å². The molecule has 1 aromatic rings. The molecule has 1 rings (SSSR count). The smallest absolute Gasteiger partial charge is 0.239 e. The number of carbonyl (C=O) groups excluding carboxylic acids is 1. The van der Waals surface area contributed by atoms with Crippen molar-refractivity contribution in [1.82, 2.24) is 4.90 Å². The normalized spacial score (nSPS) is 13.1. The molecule has 0 aliphatic rings. The lowest BCUT2D eigenvalue weighted by molar-refractivity contribution is -0.122. The van der Waals surface area contributed by atoms with Gasteiger partial charge in [0.05, 0.1) is 0 Å². The third kappa shape index (κ3) is 4.06.